The number of halogens is 1. The first-order valence-corrected chi connectivity index (χ1v) is 9.80. The number of aromatic nitrogens is 1. The second-order valence-corrected chi connectivity index (χ2v) is 7.45. The molecule has 160 valence electrons. The maximum Gasteiger partial charge on any atom is 0.341 e. The van der Waals surface area contributed by atoms with Crippen LogP contribution in [0.25, 0.3) is 5.57 Å². The Balaban J connectivity index is 1.98. The lowest BCUT2D eigenvalue weighted by Crippen LogP contribution is -2.15. The van der Waals surface area contributed by atoms with E-state index >= 15 is 4.39 Å². The van der Waals surface area contributed by atoms with E-state index in [1.165, 1.54) is 16.7 Å². The van der Waals surface area contributed by atoms with Gasteiger partial charge < -0.3 is 14.4 Å². The van der Waals surface area contributed by atoms with Gasteiger partial charge in [0.15, 0.2) is 6.61 Å². The minimum atomic E-state index is -1.13. The average Bonchev–Trinajstić information content (AvgIpc) is 2.73. The molecule has 1 N–H and O–H groups in total. The zero-order valence-electron chi connectivity index (χ0n) is 17.5. The molecule has 0 saturated heterocycles. The van der Waals surface area contributed by atoms with Gasteiger partial charge in [-0.2, -0.15) is 0 Å². The normalized spacial score (nSPS) is 11.7. The topological polar surface area (TPSA) is 68.5 Å². The summed E-state index contributed by atoms with van der Waals surface area (Å²) < 4.78 is 21.7. The fourth-order valence-electron chi connectivity index (χ4n) is 3.56. The van der Waals surface area contributed by atoms with Gasteiger partial charge in [0.2, 0.25) is 5.56 Å². The summed E-state index contributed by atoms with van der Waals surface area (Å²) in [5, 5.41) is 8.76. The third-order valence-electron chi connectivity index (χ3n) is 5.22. The maximum atomic E-state index is 15.1. The lowest BCUT2D eigenvalue weighted by molar-refractivity contribution is -0.139. The number of carbonyl (C=O) groups is 1. The van der Waals surface area contributed by atoms with Gasteiger partial charge in [-0.25, -0.2) is 9.18 Å². The molecular weight excluding hydrogens is 397 g/mol. The second kappa shape index (κ2) is 9.43. The fraction of sp³-hybridized carbons (Fsp3) is 0.200. The number of carboxylic acids is 1. The van der Waals surface area contributed by atoms with Crippen LogP contribution in [0.5, 0.6) is 5.75 Å². The van der Waals surface area contributed by atoms with E-state index in [4.69, 9.17) is 9.84 Å². The highest BCUT2D eigenvalue weighted by atomic mass is 19.1. The number of allylic oxidation sites excluding steroid dienone is 1. The molecule has 31 heavy (non-hydrogen) atoms. The summed E-state index contributed by atoms with van der Waals surface area (Å²) >= 11 is 0. The molecule has 0 fully saturated rings. The molecule has 3 rings (SSSR count). The van der Waals surface area contributed by atoms with Crippen LogP contribution >= 0.6 is 0 Å². The minimum Gasteiger partial charge on any atom is -0.482 e. The molecule has 0 aliphatic heterocycles. The quantitative estimate of drug-likeness (QED) is 0.580. The van der Waals surface area contributed by atoms with Crippen LogP contribution < -0.4 is 10.3 Å². The van der Waals surface area contributed by atoms with Gasteiger partial charge in [0, 0.05) is 31.3 Å². The molecule has 5 nitrogen and oxygen atoms in total. The first kappa shape index (κ1) is 22.0. The van der Waals surface area contributed by atoms with E-state index in [1.54, 1.807) is 31.4 Å². The van der Waals surface area contributed by atoms with Crippen molar-refractivity contribution in [1.82, 2.24) is 4.57 Å². The third-order valence-corrected chi connectivity index (χ3v) is 5.22. The third kappa shape index (κ3) is 5.28. The number of pyridine rings is 1. The Bertz CT molecular complexity index is 1180. The van der Waals surface area contributed by atoms with Crippen molar-refractivity contribution in [2.45, 2.75) is 19.3 Å². The summed E-state index contributed by atoms with van der Waals surface area (Å²) in [6.45, 7) is 5.62. The molecule has 0 saturated carbocycles. The molecule has 0 spiro atoms. The number of aryl methyl sites for hydroxylation is 2. The first-order valence-electron chi connectivity index (χ1n) is 9.80. The van der Waals surface area contributed by atoms with Crippen LogP contribution in [0.4, 0.5) is 4.39 Å². The Morgan fingerprint density at radius 1 is 1.16 bits per heavy atom. The molecular formula is C25H24FNO4. The molecule has 1 unspecified atom stereocenters. The van der Waals surface area contributed by atoms with E-state index in [2.05, 4.69) is 6.58 Å². The smallest absolute Gasteiger partial charge is 0.341 e. The SMILES string of the molecule is C=C(CC(c1ccccc1C)c1ccc(OCC(=O)O)cc1F)c1ccc(=O)n(C)c1. The summed E-state index contributed by atoms with van der Waals surface area (Å²) in [6, 6.07) is 15.4. The number of carboxylic acid groups (broad SMARTS) is 1. The lowest BCUT2D eigenvalue weighted by atomic mass is 9.82. The van der Waals surface area contributed by atoms with E-state index in [0.717, 1.165) is 22.3 Å². The fourth-order valence-corrected chi connectivity index (χ4v) is 3.56. The Morgan fingerprint density at radius 2 is 1.90 bits per heavy atom. The number of nitrogens with zero attached hydrogens (tertiary/aromatic N) is 1. The Labute approximate surface area is 180 Å². The summed E-state index contributed by atoms with van der Waals surface area (Å²) in [4.78, 5) is 22.4. The number of ether oxygens (including phenoxy) is 1. The van der Waals surface area contributed by atoms with E-state index in [9.17, 15) is 9.59 Å². The zero-order chi connectivity index (χ0) is 22.5. The van der Waals surface area contributed by atoms with Crippen LogP contribution in [0, 0.1) is 12.7 Å². The van der Waals surface area contributed by atoms with Crippen LogP contribution in [-0.2, 0) is 11.8 Å². The second-order valence-electron chi connectivity index (χ2n) is 7.45. The predicted molar refractivity (Wildman–Crippen MR) is 118 cm³/mol. The largest absolute Gasteiger partial charge is 0.482 e. The predicted octanol–water partition coefficient (Wildman–Crippen LogP) is 4.53. The Morgan fingerprint density at radius 3 is 2.55 bits per heavy atom. The average molecular weight is 421 g/mol. The number of benzene rings is 2. The number of hydrogen-bond donors (Lipinski definition) is 1. The van der Waals surface area contributed by atoms with Crippen molar-refractivity contribution >= 4 is 11.5 Å². The molecule has 6 heteroatoms. The highest BCUT2D eigenvalue weighted by Gasteiger charge is 2.22. The van der Waals surface area contributed by atoms with Crippen molar-refractivity contribution in [3.8, 4) is 5.75 Å². The number of hydrogen-bond acceptors (Lipinski definition) is 3. The Kier molecular flexibility index (Phi) is 6.70. The van der Waals surface area contributed by atoms with Gasteiger partial charge in [0.1, 0.15) is 11.6 Å². The number of aliphatic carboxylic acids is 1. The molecule has 3 aromatic rings. The van der Waals surface area contributed by atoms with E-state index in [0.29, 0.717) is 12.0 Å². The molecule has 0 bridgehead atoms. The summed E-state index contributed by atoms with van der Waals surface area (Å²) in [7, 11) is 1.67. The highest BCUT2D eigenvalue weighted by molar-refractivity contribution is 5.68. The molecule has 0 radical (unpaired) electrons. The monoisotopic (exact) mass is 421 g/mol. The van der Waals surface area contributed by atoms with Gasteiger partial charge in [0.25, 0.3) is 0 Å². The molecule has 0 aliphatic carbocycles. The van der Waals surface area contributed by atoms with Crippen LogP contribution in [0.15, 0.2) is 72.2 Å². The minimum absolute atomic E-state index is 0.116. The van der Waals surface area contributed by atoms with Crippen molar-refractivity contribution in [2.75, 3.05) is 6.61 Å². The van der Waals surface area contributed by atoms with Gasteiger partial charge >= 0.3 is 5.97 Å². The van der Waals surface area contributed by atoms with Crippen molar-refractivity contribution in [2.24, 2.45) is 7.05 Å². The summed E-state index contributed by atoms with van der Waals surface area (Å²) in [5.74, 6) is -1.77. The van der Waals surface area contributed by atoms with Crippen molar-refractivity contribution < 1.29 is 19.0 Å². The van der Waals surface area contributed by atoms with Crippen molar-refractivity contribution in [3.63, 3.8) is 0 Å². The molecule has 0 aliphatic rings. The van der Waals surface area contributed by atoms with Gasteiger partial charge in [-0.15, -0.1) is 0 Å². The van der Waals surface area contributed by atoms with Crippen molar-refractivity contribution in [1.29, 1.82) is 0 Å². The summed E-state index contributed by atoms with van der Waals surface area (Å²) in [6.07, 6.45) is 2.16. The van der Waals surface area contributed by atoms with Gasteiger partial charge in [-0.1, -0.05) is 36.9 Å². The van der Waals surface area contributed by atoms with Gasteiger partial charge in [0.05, 0.1) is 0 Å². The maximum absolute atomic E-state index is 15.1. The van der Waals surface area contributed by atoms with E-state index in [-0.39, 0.29) is 17.2 Å². The zero-order valence-corrected chi connectivity index (χ0v) is 17.5. The van der Waals surface area contributed by atoms with Crippen LogP contribution in [-0.4, -0.2) is 22.2 Å². The van der Waals surface area contributed by atoms with Crippen molar-refractivity contribution in [3.05, 3.63) is 106 Å². The lowest BCUT2D eigenvalue weighted by Gasteiger charge is -2.22. The number of rotatable bonds is 8. The van der Waals surface area contributed by atoms with E-state index < -0.39 is 18.4 Å². The van der Waals surface area contributed by atoms with Crippen LogP contribution in [0.1, 0.15) is 34.6 Å². The molecule has 1 atom stereocenters. The van der Waals surface area contributed by atoms with Gasteiger partial charge in [-0.3, -0.25) is 4.79 Å². The first-order chi connectivity index (χ1) is 14.8. The molecule has 0 amide bonds. The van der Waals surface area contributed by atoms with Crippen LogP contribution in [0.2, 0.25) is 0 Å². The van der Waals surface area contributed by atoms with Gasteiger partial charge in [-0.05, 0) is 53.3 Å². The molecule has 1 heterocycles. The summed E-state index contributed by atoms with van der Waals surface area (Å²) in [5.41, 5.74) is 3.91. The molecule has 2 aromatic carbocycles. The van der Waals surface area contributed by atoms with E-state index in [1.807, 2.05) is 31.2 Å². The standard InChI is InChI=1S/C25H24FNO4/c1-16-6-4-5-7-20(16)22(12-17(2)18-8-11-24(28)27(3)14-18)21-10-9-19(13-23(21)26)31-15-25(29)30/h4-11,13-14,22H,2,12,15H2,1,3H3,(H,29,30). The van der Waals surface area contributed by atoms with Crippen LogP contribution in [0.3, 0.4) is 0 Å². The molecule has 1 aromatic heterocycles. The highest BCUT2D eigenvalue weighted by Crippen LogP contribution is 2.37. The Hall–Kier alpha value is -3.67.